The molecule has 0 aliphatic carbocycles. The van der Waals surface area contributed by atoms with Crippen LogP contribution < -0.4 is 5.73 Å². The van der Waals surface area contributed by atoms with Gasteiger partial charge in [0, 0.05) is 25.3 Å². The summed E-state index contributed by atoms with van der Waals surface area (Å²) in [6, 6.07) is 4.87. The maximum Gasteiger partial charge on any atom is 0.133 e. The molecule has 1 aliphatic rings. The lowest BCUT2D eigenvalue weighted by molar-refractivity contribution is 0.220. The number of halogens is 1. The highest BCUT2D eigenvalue weighted by atomic mass is 32.1. The highest BCUT2D eigenvalue weighted by molar-refractivity contribution is 7.80. The summed E-state index contributed by atoms with van der Waals surface area (Å²) in [6.07, 6.45) is 1.01. The van der Waals surface area contributed by atoms with Gasteiger partial charge in [-0.15, -0.1) is 0 Å². The second-order valence-electron chi connectivity index (χ2n) is 4.75. The van der Waals surface area contributed by atoms with Crippen LogP contribution in [0.4, 0.5) is 4.39 Å². The zero-order valence-electron chi connectivity index (χ0n) is 10.1. The van der Waals surface area contributed by atoms with Crippen LogP contribution in [0.2, 0.25) is 0 Å². The largest absolute Gasteiger partial charge is 0.396 e. The van der Waals surface area contributed by atoms with Gasteiger partial charge in [-0.2, -0.15) is 0 Å². The number of thiocarbonyl (C=S) groups is 1. The Morgan fingerprint density at radius 3 is 2.94 bits per heavy atom. The van der Waals surface area contributed by atoms with E-state index in [1.54, 1.807) is 12.1 Å². The first-order chi connectivity index (χ1) is 8.60. The molecular formula is C13H17FN2OS. The van der Waals surface area contributed by atoms with Gasteiger partial charge in [-0.1, -0.05) is 18.3 Å². The van der Waals surface area contributed by atoms with Gasteiger partial charge in [0.1, 0.15) is 10.8 Å². The Hall–Kier alpha value is -1.04. The second-order valence-corrected chi connectivity index (χ2v) is 5.19. The van der Waals surface area contributed by atoms with E-state index in [1.165, 1.54) is 6.07 Å². The number of hydrogen-bond acceptors (Lipinski definition) is 3. The minimum Gasteiger partial charge on any atom is -0.396 e. The van der Waals surface area contributed by atoms with Crippen molar-refractivity contribution in [2.45, 2.75) is 13.0 Å². The van der Waals surface area contributed by atoms with Gasteiger partial charge in [-0.3, -0.25) is 4.90 Å². The molecule has 0 spiro atoms. The van der Waals surface area contributed by atoms with Gasteiger partial charge < -0.3 is 10.8 Å². The summed E-state index contributed by atoms with van der Waals surface area (Å²) in [5, 5.41) is 9.09. The van der Waals surface area contributed by atoms with Gasteiger partial charge in [0.25, 0.3) is 0 Å². The maximum atomic E-state index is 13.4. The van der Waals surface area contributed by atoms with Crippen LogP contribution in [0.1, 0.15) is 17.5 Å². The standard InChI is InChI=1S/C13H17FN2OS/c14-12-2-1-9(5-11(12)13(15)18)6-16-4-3-10(7-16)8-17/h1-2,5,10,17H,3-4,6-8H2,(H2,15,18). The van der Waals surface area contributed by atoms with E-state index in [1.807, 2.05) is 0 Å². The molecule has 1 fully saturated rings. The van der Waals surface area contributed by atoms with Crippen LogP contribution in [-0.4, -0.2) is 34.7 Å². The van der Waals surface area contributed by atoms with Gasteiger partial charge in [0.15, 0.2) is 0 Å². The quantitative estimate of drug-likeness (QED) is 0.808. The van der Waals surface area contributed by atoms with E-state index < -0.39 is 0 Å². The van der Waals surface area contributed by atoms with Gasteiger partial charge in [0.05, 0.1) is 0 Å². The molecule has 18 heavy (non-hydrogen) atoms. The van der Waals surface area contributed by atoms with Crippen LogP contribution in [0.25, 0.3) is 0 Å². The fourth-order valence-corrected chi connectivity index (χ4v) is 2.48. The minimum absolute atomic E-state index is 0.0870. The number of benzene rings is 1. The molecule has 0 saturated carbocycles. The lowest BCUT2D eigenvalue weighted by atomic mass is 10.1. The fraction of sp³-hybridized carbons (Fsp3) is 0.462. The van der Waals surface area contributed by atoms with E-state index in [4.69, 9.17) is 23.1 Å². The summed E-state index contributed by atoms with van der Waals surface area (Å²) in [6.45, 7) is 2.83. The number of rotatable bonds is 4. The van der Waals surface area contributed by atoms with Crippen molar-refractivity contribution in [3.05, 3.63) is 35.1 Å². The Morgan fingerprint density at radius 1 is 1.56 bits per heavy atom. The van der Waals surface area contributed by atoms with Crippen molar-refractivity contribution in [1.82, 2.24) is 4.90 Å². The van der Waals surface area contributed by atoms with Crippen molar-refractivity contribution >= 4 is 17.2 Å². The smallest absolute Gasteiger partial charge is 0.133 e. The monoisotopic (exact) mass is 268 g/mol. The van der Waals surface area contributed by atoms with Gasteiger partial charge >= 0.3 is 0 Å². The summed E-state index contributed by atoms with van der Waals surface area (Å²) in [5.41, 5.74) is 6.78. The number of nitrogens with zero attached hydrogens (tertiary/aromatic N) is 1. The first-order valence-corrected chi connectivity index (χ1v) is 6.42. The molecule has 0 amide bonds. The van der Waals surface area contributed by atoms with Crippen molar-refractivity contribution in [3.8, 4) is 0 Å². The second kappa shape index (κ2) is 5.73. The van der Waals surface area contributed by atoms with E-state index in [9.17, 15) is 4.39 Å². The van der Waals surface area contributed by atoms with Crippen LogP contribution in [0.3, 0.4) is 0 Å². The van der Waals surface area contributed by atoms with E-state index in [0.29, 0.717) is 11.5 Å². The van der Waals surface area contributed by atoms with Crippen LogP contribution in [0, 0.1) is 11.7 Å². The first-order valence-electron chi connectivity index (χ1n) is 6.01. The summed E-state index contributed by atoms with van der Waals surface area (Å²) in [5.74, 6) is -0.0126. The van der Waals surface area contributed by atoms with Crippen molar-refractivity contribution < 1.29 is 9.50 Å². The highest BCUT2D eigenvalue weighted by Gasteiger charge is 2.21. The van der Waals surface area contributed by atoms with Gasteiger partial charge in [-0.25, -0.2) is 4.39 Å². The molecule has 98 valence electrons. The number of nitrogens with two attached hydrogens (primary N) is 1. The summed E-state index contributed by atoms with van der Waals surface area (Å²) in [4.78, 5) is 2.33. The molecule has 0 aromatic heterocycles. The van der Waals surface area contributed by atoms with Crippen molar-refractivity contribution in [1.29, 1.82) is 0 Å². The van der Waals surface area contributed by atoms with E-state index in [-0.39, 0.29) is 17.4 Å². The Kier molecular flexibility index (Phi) is 4.27. The van der Waals surface area contributed by atoms with Crippen LogP contribution in [0.15, 0.2) is 18.2 Å². The van der Waals surface area contributed by atoms with Crippen molar-refractivity contribution in [2.24, 2.45) is 11.7 Å². The summed E-state index contributed by atoms with van der Waals surface area (Å²) >= 11 is 4.82. The van der Waals surface area contributed by atoms with Crippen LogP contribution >= 0.6 is 12.2 Å². The number of aliphatic hydroxyl groups is 1. The summed E-state index contributed by atoms with van der Waals surface area (Å²) in [7, 11) is 0. The Balaban J connectivity index is 2.06. The number of hydrogen-bond donors (Lipinski definition) is 2. The van der Waals surface area contributed by atoms with Crippen molar-refractivity contribution in [2.75, 3.05) is 19.7 Å². The average Bonchev–Trinajstić information content (AvgIpc) is 2.79. The predicted molar refractivity (Wildman–Crippen MR) is 72.8 cm³/mol. The number of aliphatic hydroxyl groups excluding tert-OH is 1. The van der Waals surface area contributed by atoms with Crippen molar-refractivity contribution in [3.63, 3.8) is 0 Å². The Morgan fingerprint density at radius 2 is 2.33 bits per heavy atom. The lowest BCUT2D eigenvalue weighted by Crippen LogP contribution is -2.21. The summed E-state index contributed by atoms with van der Waals surface area (Å²) < 4.78 is 13.4. The predicted octanol–water partition coefficient (Wildman–Crippen LogP) is 1.27. The molecule has 3 N–H and O–H groups in total. The first kappa shape index (κ1) is 13.4. The molecule has 1 saturated heterocycles. The van der Waals surface area contributed by atoms with Crippen LogP contribution in [-0.2, 0) is 6.54 Å². The van der Waals surface area contributed by atoms with E-state index in [0.717, 1.165) is 31.6 Å². The average molecular weight is 268 g/mol. The molecule has 0 radical (unpaired) electrons. The molecule has 5 heteroatoms. The zero-order valence-corrected chi connectivity index (χ0v) is 10.9. The molecule has 1 atom stereocenters. The Bertz CT molecular complexity index is 453. The molecule has 1 aromatic rings. The highest BCUT2D eigenvalue weighted by Crippen LogP contribution is 2.19. The third-order valence-electron chi connectivity index (χ3n) is 3.33. The lowest BCUT2D eigenvalue weighted by Gasteiger charge is -2.16. The molecule has 1 unspecified atom stereocenters. The van der Waals surface area contributed by atoms with E-state index in [2.05, 4.69) is 4.90 Å². The molecule has 1 aliphatic heterocycles. The fourth-order valence-electron chi connectivity index (χ4n) is 2.32. The molecular weight excluding hydrogens is 251 g/mol. The molecule has 1 heterocycles. The van der Waals surface area contributed by atoms with E-state index >= 15 is 0 Å². The molecule has 0 bridgehead atoms. The van der Waals surface area contributed by atoms with Gasteiger partial charge in [0.2, 0.25) is 0 Å². The number of likely N-dealkylation sites (tertiary alicyclic amines) is 1. The van der Waals surface area contributed by atoms with Gasteiger partial charge in [-0.05, 0) is 36.6 Å². The third kappa shape index (κ3) is 3.04. The molecule has 3 nitrogen and oxygen atoms in total. The minimum atomic E-state index is -0.374. The van der Waals surface area contributed by atoms with Crippen LogP contribution in [0.5, 0.6) is 0 Å². The maximum absolute atomic E-state index is 13.4. The SMILES string of the molecule is NC(=S)c1cc(CN2CCC(CO)C2)ccc1F. The Labute approximate surface area is 111 Å². The molecule has 1 aromatic carbocycles. The zero-order chi connectivity index (χ0) is 13.1. The topological polar surface area (TPSA) is 49.5 Å². The third-order valence-corrected chi connectivity index (χ3v) is 3.55. The molecule has 2 rings (SSSR count). The normalized spacial score (nSPS) is 20.2.